The predicted octanol–water partition coefficient (Wildman–Crippen LogP) is 2.66. The number of hydrogen-bond acceptors (Lipinski definition) is 4. The van der Waals surface area contributed by atoms with Gasteiger partial charge >= 0.3 is 0 Å². The number of fused-ring (bicyclic) bond motifs is 1. The minimum absolute atomic E-state index is 0.0138. The maximum atomic E-state index is 9.86. The second kappa shape index (κ2) is 6.39. The van der Waals surface area contributed by atoms with E-state index in [0.717, 1.165) is 19.4 Å². The van der Waals surface area contributed by atoms with Crippen molar-refractivity contribution in [1.82, 2.24) is 0 Å². The van der Waals surface area contributed by atoms with E-state index in [1.54, 1.807) is 0 Å². The lowest BCUT2D eigenvalue weighted by atomic mass is 9.46. The van der Waals surface area contributed by atoms with Crippen LogP contribution in [-0.4, -0.2) is 46.8 Å². The Morgan fingerprint density at radius 1 is 1.21 bits per heavy atom. The highest BCUT2D eigenvalue weighted by Gasteiger charge is 2.64. The molecule has 3 fully saturated rings. The van der Waals surface area contributed by atoms with E-state index in [4.69, 9.17) is 9.84 Å². The molecular weight excluding hydrogens is 304 g/mol. The Morgan fingerprint density at radius 2 is 1.92 bits per heavy atom. The van der Waals surface area contributed by atoms with E-state index in [0.29, 0.717) is 22.8 Å². The molecule has 0 amide bonds. The van der Waals surface area contributed by atoms with Crippen molar-refractivity contribution in [2.75, 3.05) is 19.8 Å². The van der Waals surface area contributed by atoms with Gasteiger partial charge in [0, 0.05) is 0 Å². The molecule has 0 unspecified atom stereocenters. The summed E-state index contributed by atoms with van der Waals surface area (Å²) in [7, 11) is 0. The van der Waals surface area contributed by atoms with Crippen molar-refractivity contribution in [1.29, 1.82) is 0 Å². The van der Waals surface area contributed by atoms with Crippen LogP contribution in [0.4, 0.5) is 0 Å². The van der Waals surface area contributed by atoms with Crippen LogP contribution >= 0.6 is 0 Å². The van der Waals surface area contributed by atoms with Crippen molar-refractivity contribution in [3.05, 3.63) is 11.6 Å². The van der Waals surface area contributed by atoms with Crippen LogP contribution in [0.25, 0.3) is 0 Å². The lowest BCUT2D eigenvalue weighted by Gasteiger charge is -2.59. The first-order valence-corrected chi connectivity index (χ1v) is 9.52. The monoisotopic (exact) mass is 338 g/mol. The van der Waals surface area contributed by atoms with Gasteiger partial charge in [-0.2, -0.15) is 0 Å². The largest absolute Gasteiger partial charge is 0.393 e. The summed E-state index contributed by atoms with van der Waals surface area (Å²) in [6.07, 6.45) is 8.00. The Morgan fingerprint density at radius 3 is 2.50 bits per heavy atom. The van der Waals surface area contributed by atoms with Gasteiger partial charge in [0.15, 0.2) is 0 Å². The summed E-state index contributed by atoms with van der Waals surface area (Å²) in [5.74, 6) is 1.13. The molecule has 24 heavy (non-hydrogen) atoms. The molecule has 1 aliphatic heterocycles. The van der Waals surface area contributed by atoms with E-state index in [1.165, 1.54) is 25.7 Å². The van der Waals surface area contributed by atoms with Crippen molar-refractivity contribution < 1.29 is 20.1 Å². The van der Waals surface area contributed by atoms with E-state index in [2.05, 4.69) is 20.8 Å². The summed E-state index contributed by atoms with van der Waals surface area (Å²) < 4.78 is 5.98. The first-order valence-electron chi connectivity index (χ1n) is 9.52. The molecule has 2 saturated carbocycles. The topological polar surface area (TPSA) is 73.2 Å². The Kier molecular flexibility index (Phi) is 4.89. The molecule has 5 atom stereocenters. The molecule has 3 N–H and O–H groups in total. The third-order valence-corrected chi connectivity index (χ3v) is 7.48. The van der Waals surface area contributed by atoms with Crippen LogP contribution in [0.15, 0.2) is 11.6 Å². The van der Waals surface area contributed by atoms with Gasteiger partial charge in [0.25, 0.3) is 0 Å². The summed E-state index contributed by atoms with van der Waals surface area (Å²) in [6.45, 7) is 7.59. The highest BCUT2D eigenvalue weighted by molar-refractivity contribution is 5.17. The first-order chi connectivity index (χ1) is 11.3. The predicted molar refractivity (Wildman–Crippen MR) is 93.5 cm³/mol. The van der Waals surface area contributed by atoms with Gasteiger partial charge < -0.3 is 20.1 Å². The summed E-state index contributed by atoms with van der Waals surface area (Å²) in [6, 6.07) is 0. The molecule has 138 valence electrons. The fraction of sp³-hybridized carbons (Fsp3) is 0.900. The van der Waals surface area contributed by atoms with Gasteiger partial charge in [0.1, 0.15) is 6.10 Å². The molecule has 4 heteroatoms. The average Bonchev–Trinajstić information content (AvgIpc) is 3.29. The van der Waals surface area contributed by atoms with Crippen LogP contribution in [-0.2, 0) is 4.74 Å². The smallest absolute Gasteiger partial charge is 0.100 e. The standard InChI is InChI=1S/C20H34O4/c1-18(2)8-4-9-19(3)16(18)7-10-20(13-24-20)17(19)6-5-14(11-21)15(23)12-22/h5,15-17,21-23H,4,6-13H2,1-3H3/b14-5-/t15-,16-,17-,19+,20-/m1/s1. The van der Waals surface area contributed by atoms with Crippen molar-refractivity contribution in [2.45, 2.75) is 71.0 Å². The summed E-state index contributed by atoms with van der Waals surface area (Å²) >= 11 is 0. The highest BCUT2D eigenvalue weighted by atomic mass is 16.6. The number of aliphatic hydroxyl groups excluding tert-OH is 3. The molecule has 3 aliphatic rings. The fourth-order valence-corrected chi connectivity index (χ4v) is 6.08. The van der Waals surface area contributed by atoms with E-state index in [9.17, 15) is 10.2 Å². The zero-order valence-corrected chi connectivity index (χ0v) is 15.4. The van der Waals surface area contributed by atoms with Gasteiger partial charge in [0.05, 0.1) is 25.4 Å². The summed E-state index contributed by atoms with van der Waals surface area (Å²) in [4.78, 5) is 0. The van der Waals surface area contributed by atoms with Crippen LogP contribution in [0.2, 0.25) is 0 Å². The molecular formula is C20H34O4. The first kappa shape index (κ1) is 18.4. The van der Waals surface area contributed by atoms with Crippen LogP contribution in [0.5, 0.6) is 0 Å². The molecule has 0 aromatic rings. The lowest BCUT2D eigenvalue weighted by molar-refractivity contribution is -0.104. The Bertz CT molecular complexity index is 494. The van der Waals surface area contributed by atoms with Crippen molar-refractivity contribution in [3.8, 4) is 0 Å². The molecule has 0 radical (unpaired) electrons. The van der Waals surface area contributed by atoms with E-state index < -0.39 is 6.10 Å². The van der Waals surface area contributed by atoms with Crippen molar-refractivity contribution in [2.24, 2.45) is 22.7 Å². The molecule has 1 spiro atoms. The maximum absolute atomic E-state index is 9.86. The molecule has 3 rings (SSSR count). The molecule has 1 saturated heterocycles. The number of hydrogen-bond donors (Lipinski definition) is 3. The number of epoxide rings is 1. The molecule has 0 bridgehead atoms. The Balaban J connectivity index is 1.87. The average molecular weight is 338 g/mol. The van der Waals surface area contributed by atoms with Crippen molar-refractivity contribution >= 4 is 0 Å². The van der Waals surface area contributed by atoms with Gasteiger partial charge in [-0.15, -0.1) is 0 Å². The number of ether oxygens (including phenoxy) is 1. The van der Waals surface area contributed by atoms with Gasteiger partial charge in [0.2, 0.25) is 0 Å². The molecule has 0 aromatic heterocycles. The zero-order valence-electron chi connectivity index (χ0n) is 15.4. The second-order valence-corrected chi connectivity index (χ2v) is 9.22. The van der Waals surface area contributed by atoms with Crippen LogP contribution in [0.1, 0.15) is 59.3 Å². The SMILES string of the molecule is CC1(C)CCC[C@@]2(C)[C@@H]1CC[C@@]1(CO1)[C@@H]2C/C=C(/CO)[C@H](O)CO. The molecule has 4 nitrogen and oxygen atoms in total. The quantitative estimate of drug-likeness (QED) is 0.532. The third-order valence-electron chi connectivity index (χ3n) is 7.48. The molecule has 2 aliphatic carbocycles. The summed E-state index contributed by atoms with van der Waals surface area (Å²) in [5.41, 5.74) is 1.17. The minimum Gasteiger partial charge on any atom is -0.393 e. The Hall–Kier alpha value is -0.420. The van der Waals surface area contributed by atoms with Gasteiger partial charge in [-0.1, -0.05) is 33.3 Å². The van der Waals surface area contributed by atoms with Crippen LogP contribution < -0.4 is 0 Å². The Labute approximate surface area is 145 Å². The lowest BCUT2D eigenvalue weighted by Crippen LogP contribution is -2.54. The van der Waals surface area contributed by atoms with Gasteiger partial charge in [-0.3, -0.25) is 0 Å². The highest BCUT2D eigenvalue weighted by Crippen LogP contribution is 2.66. The van der Waals surface area contributed by atoms with E-state index in [1.807, 2.05) is 6.08 Å². The maximum Gasteiger partial charge on any atom is 0.100 e. The van der Waals surface area contributed by atoms with Gasteiger partial charge in [-0.05, 0) is 60.3 Å². The number of allylic oxidation sites excluding steroid dienone is 1. The zero-order chi connectivity index (χ0) is 17.6. The molecule has 0 aromatic carbocycles. The van der Waals surface area contributed by atoms with E-state index >= 15 is 0 Å². The van der Waals surface area contributed by atoms with Gasteiger partial charge in [-0.25, -0.2) is 0 Å². The number of rotatable bonds is 5. The third kappa shape index (κ3) is 2.96. The van der Waals surface area contributed by atoms with Crippen LogP contribution in [0.3, 0.4) is 0 Å². The van der Waals surface area contributed by atoms with E-state index in [-0.39, 0.29) is 24.2 Å². The van der Waals surface area contributed by atoms with Crippen molar-refractivity contribution in [3.63, 3.8) is 0 Å². The van der Waals surface area contributed by atoms with Crippen LogP contribution in [0, 0.1) is 22.7 Å². The minimum atomic E-state index is -0.957. The second-order valence-electron chi connectivity index (χ2n) is 9.22. The number of aliphatic hydroxyl groups is 3. The normalized spacial score (nSPS) is 42.7. The molecule has 1 heterocycles. The fourth-order valence-electron chi connectivity index (χ4n) is 6.08. The summed E-state index contributed by atoms with van der Waals surface area (Å²) in [5, 5.41) is 28.5.